The molecule has 1 atom stereocenters. The zero-order valence-corrected chi connectivity index (χ0v) is 24.1. The Morgan fingerprint density at radius 1 is 0.895 bits per heavy atom. The second-order valence-corrected chi connectivity index (χ2v) is 14.2. The van der Waals surface area contributed by atoms with Gasteiger partial charge in [-0.15, -0.1) is 6.58 Å². The van der Waals surface area contributed by atoms with E-state index >= 15 is 0 Å². The normalized spacial score (nSPS) is 16.5. The second-order valence-electron chi connectivity index (χ2n) is 10.8. The SMILES string of the molecule is C=CCCC[C@@](O[Si](C)(c1ccccc1)c1ccccc1)(C(=O)c1ccccc1)/C(C)=C/C1CCCCC1. The number of benzene rings is 3. The molecule has 0 radical (unpaired) electrons. The average molecular weight is 523 g/mol. The van der Waals surface area contributed by atoms with E-state index in [0.29, 0.717) is 17.9 Å². The highest BCUT2D eigenvalue weighted by atomic mass is 28.4. The van der Waals surface area contributed by atoms with Gasteiger partial charge in [0.1, 0.15) is 5.60 Å². The maximum Gasteiger partial charge on any atom is 0.254 e. The Bertz CT molecular complexity index is 1160. The molecule has 3 aromatic rings. The third kappa shape index (κ3) is 6.34. The number of hydrogen-bond donors (Lipinski definition) is 0. The first-order valence-electron chi connectivity index (χ1n) is 14.2. The van der Waals surface area contributed by atoms with Crippen molar-refractivity contribution < 1.29 is 9.22 Å². The molecule has 0 bridgehead atoms. The monoisotopic (exact) mass is 522 g/mol. The zero-order chi connectivity index (χ0) is 26.8. The van der Waals surface area contributed by atoms with E-state index in [9.17, 15) is 4.79 Å². The molecular weight excluding hydrogens is 480 g/mol. The van der Waals surface area contributed by atoms with Crippen LogP contribution in [0.5, 0.6) is 0 Å². The summed E-state index contributed by atoms with van der Waals surface area (Å²) in [5.41, 5.74) is 0.724. The van der Waals surface area contributed by atoms with Crippen molar-refractivity contribution in [3.05, 3.63) is 121 Å². The number of Topliss-reactive ketones (excluding diaryl/α,β-unsaturated/α-hetero) is 1. The Labute approximate surface area is 230 Å². The Morgan fingerprint density at radius 3 is 1.95 bits per heavy atom. The third-order valence-electron chi connectivity index (χ3n) is 8.14. The van der Waals surface area contributed by atoms with Gasteiger partial charge in [0.05, 0.1) is 0 Å². The molecule has 38 heavy (non-hydrogen) atoms. The van der Waals surface area contributed by atoms with Gasteiger partial charge in [0, 0.05) is 5.56 Å². The van der Waals surface area contributed by atoms with Gasteiger partial charge in [0.25, 0.3) is 8.32 Å². The number of carbonyl (C=O) groups is 1. The number of rotatable bonds is 12. The summed E-state index contributed by atoms with van der Waals surface area (Å²) in [6, 6.07) is 30.8. The molecule has 0 heterocycles. The summed E-state index contributed by atoms with van der Waals surface area (Å²) in [5, 5.41) is 2.34. The predicted molar refractivity (Wildman–Crippen MR) is 163 cm³/mol. The van der Waals surface area contributed by atoms with Crippen LogP contribution < -0.4 is 10.4 Å². The molecule has 0 amide bonds. The molecule has 1 aliphatic carbocycles. The van der Waals surface area contributed by atoms with Crippen LogP contribution in [0.4, 0.5) is 0 Å². The number of allylic oxidation sites excluding steroid dienone is 2. The first kappa shape index (κ1) is 28.0. The highest BCUT2D eigenvalue weighted by molar-refractivity contribution is 6.96. The molecule has 0 spiro atoms. The molecule has 2 nitrogen and oxygen atoms in total. The van der Waals surface area contributed by atoms with Crippen molar-refractivity contribution in [3.8, 4) is 0 Å². The fraction of sp³-hybridized carbons (Fsp3) is 0.343. The van der Waals surface area contributed by atoms with Gasteiger partial charge in [-0.3, -0.25) is 4.79 Å². The van der Waals surface area contributed by atoms with E-state index in [2.05, 4.69) is 74.7 Å². The second kappa shape index (κ2) is 13.2. The molecule has 1 saturated carbocycles. The maximum absolute atomic E-state index is 14.7. The number of hydrogen-bond acceptors (Lipinski definition) is 2. The van der Waals surface area contributed by atoms with Crippen LogP contribution in [0.1, 0.15) is 68.6 Å². The minimum Gasteiger partial charge on any atom is -0.392 e. The first-order chi connectivity index (χ1) is 18.5. The molecule has 0 aliphatic heterocycles. The van der Waals surface area contributed by atoms with Gasteiger partial charge in [-0.1, -0.05) is 122 Å². The van der Waals surface area contributed by atoms with Crippen LogP contribution in [0.25, 0.3) is 0 Å². The minimum atomic E-state index is -2.81. The quantitative estimate of drug-likeness (QED) is 0.105. The highest BCUT2D eigenvalue weighted by Crippen LogP contribution is 2.37. The smallest absolute Gasteiger partial charge is 0.254 e. The van der Waals surface area contributed by atoms with Crippen molar-refractivity contribution in [2.45, 2.75) is 70.4 Å². The lowest BCUT2D eigenvalue weighted by Gasteiger charge is -2.43. The van der Waals surface area contributed by atoms with Crippen LogP contribution in [0.2, 0.25) is 6.55 Å². The average Bonchev–Trinajstić information content (AvgIpc) is 2.98. The van der Waals surface area contributed by atoms with Crippen LogP contribution in [0, 0.1) is 5.92 Å². The van der Waals surface area contributed by atoms with E-state index < -0.39 is 13.9 Å². The Kier molecular flexibility index (Phi) is 9.71. The molecule has 4 rings (SSSR count). The molecule has 1 fully saturated rings. The topological polar surface area (TPSA) is 26.3 Å². The molecule has 0 saturated heterocycles. The van der Waals surface area contributed by atoms with Crippen molar-refractivity contribution in [2.75, 3.05) is 0 Å². The van der Waals surface area contributed by atoms with Gasteiger partial charge in [0.2, 0.25) is 0 Å². The summed E-state index contributed by atoms with van der Waals surface area (Å²) in [7, 11) is -2.81. The van der Waals surface area contributed by atoms with Gasteiger partial charge >= 0.3 is 0 Å². The van der Waals surface area contributed by atoms with Crippen LogP contribution in [-0.4, -0.2) is 19.7 Å². The lowest BCUT2D eigenvalue weighted by atomic mass is 9.79. The molecule has 3 heteroatoms. The Morgan fingerprint density at radius 2 is 1.42 bits per heavy atom. The van der Waals surface area contributed by atoms with E-state index in [-0.39, 0.29) is 5.78 Å². The van der Waals surface area contributed by atoms with Gasteiger partial charge in [-0.2, -0.15) is 0 Å². The van der Waals surface area contributed by atoms with Crippen LogP contribution in [0.3, 0.4) is 0 Å². The van der Waals surface area contributed by atoms with E-state index in [1.165, 1.54) is 42.5 Å². The van der Waals surface area contributed by atoms with Crippen LogP contribution in [0.15, 0.2) is 115 Å². The minimum absolute atomic E-state index is 0.0670. The predicted octanol–water partition coefficient (Wildman–Crippen LogP) is 7.90. The summed E-state index contributed by atoms with van der Waals surface area (Å²) in [6.07, 6.45) is 12.8. The van der Waals surface area contributed by atoms with Crippen LogP contribution in [-0.2, 0) is 4.43 Å². The Balaban J connectivity index is 1.91. The summed E-state index contributed by atoms with van der Waals surface area (Å²) in [6.45, 7) is 8.36. The summed E-state index contributed by atoms with van der Waals surface area (Å²) in [5.74, 6) is 0.563. The molecule has 3 aromatic carbocycles. The number of unbranched alkanes of at least 4 members (excludes halogenated alkanes) is 1. The van der Waals surface area contributed by atoms with E-state index in [1.807, 2.05) is 48.5 Å². The van der Waals surface area contributed by atoms with Crippen molar-refractivity contribution in [1.29, 1.82) is 0 Å². The highest BCUT2D eigenvalue weighted by Gasteiger charge is 2.49. The summed E-state index contributed by atoms with van der Waals surface area (Å²) in [4.78, 5) is 14.7. The van der Waals surface area contributed by atoms with E-state index in [1.54, 1.807) is 0 Å². The number of carbonyl (C=O) groups excluding carboxylic acids is 1. The fourth-order valence-corrected chi connectivity index (χ4v) is 9.20. The number of ketones is 1. The van der Waals surface area contributed by atoms with Crippen LogP contribution >= 0.6 is 0 Å². The van der Waals surface area contributed by atoms with Gasteiger partial charge in [-0.25, -0.2) is 0 Å². The van der Waals surface area contributed by atoms with Crippen molar-refractivity contribution in [2.24, 2.45) is 5.92 Å². The van der Waals surface area contributed by atoms with E-state index in [4.69, 9.17) is 4.43 Å². The summed E-state index contributed by atoms with van der Waals surface area (Å²) < 4.78 is 7.55. The van der Waals surface area contributed by atoms with Gasteiger partial charge in [-0.05, 0) is 67.4 Å². The summed E-state index contributed by atoms with van der Waals surface area (Å²) >= 11 is 0. The van der Waals surface area contributed by atoms with Crippen molar-refractivity contribution in [3.63, 3.8) is 0 Å². The molecular formula is C35H42O2Si. The molecule has 0 aromatic heterocycles. The third-order valence-corrected chi connectivity index (χ3v) is 11.8. The zero-order valence-electron chi connectivity index (χ0n) is 23.1. The van der Waals surface area contributed by atoms with Gasteiger partial charge in [0.15, 0.2) is 5.78 Å². The first-order valence-corrected chi connectivity index (χ1v) is 16.6. The molecule has 1 aliphatic rings. The maximum atomic E-state index is 14.7. The standard InChI is InChI=1S/C35H42O2Si/c1-4-5-18-27-35(34(36)31-21-12-7-13-22-31,29(2)28-30-19-10-6-11-20-30)37-38(3,32-23-14-8-15-24-32)33-25-16-9-17-26-33/h4,7-9,12-17,21-26,28,30H,1,5-6,10-11,18-20,27H2,2-3H3/b29-28+/t35-/m0/s1. The lowest BCUT2D eigenvalue weighted by molar-refractivity contribution is 0.0527. The largest absolute Gasteiger partial charge is 0.392 e. The lowest BCUT2D eigenvalue weighted by Crippen LogP contribution is -2.64. The van der Waals surface area contributed by atoms with Gasteiger partial charge < -0.3 is 4.43 Å². The van der Waals surface area contributed by atoms with Crippen molar-refractivity contribution in [1.82, 2.24) is 0 Å². The molecule has 0 unspecified atom stereocenters. The molecule has 198 valence electrons. The van der Waals surface area contributed by atoms with Crippen molar-refractivity contribution >= 4 is 24.5 Å². The molecule has 0 N–H and O–H groups in total. The van der Waals surface area contributed by atoms with E-state index in [0.717, 1.165) is 18.4 Å². The Hall–Kier alpha value is -3.01. The fourth-order valence-electron chi connectivity index (χ4n) is 5.92.